The number of halogens is 5. The van der Waals surface area contributed by atoms with E-state index in [9.17, 15) is 22.0 Å². The molecule has 4 nitrogen and oxygen atoms in total. The van der Waals surface area contributed by atoms with Crippen LogP contribution in [-0.4, -0.2) is 35.3 Å². The summed E-state index contributed by atoms with van der Waals surface area (Å²) in [6.45, 7) is 3.69. The highest BCUT2D eigenvalue weighted by atomic mass is 28.4. The molecule has 0 heterocycles. The molecule has 1 rings (SSSR count). The van der Waals surface area contributed by atoms with Crippen molar-refractivity contribution in [3.63, 3.8) is 0 Å². The topological polar surface area (TPSA) is 39.7 Å². The third kappa shape index (κ3) is 3.75. The van der Waals surface area contributed by atoms with Crippen LogP contribution < -0.4 is 5.32 Å². The van der Waals surface area contributed by atoms with E-state index >= 15 is 0 Å². The molecule has 0 amide bonds. The molecule has 1 aromatic rings. The van der Waals surface area contributed by atoms with Gasteiger partial charge in [-0.15, -0.1) is 0 Å². The Morgan fingerprint density at radius 1 is 0.818 bits per heavy atom. The maximum Gasteiger partial charge on any atom is 0.520 e. The van der Waals surface area contributed by atoms with Gasteiger partial charge in [0.25, 0.3) is 0 Å². The van der Waals surface area contributed by atoms with Crippen molar-refractivity contribution in [2.45, 2.75) is 13.8 Å². The molecule has 0 fully saturated rings. The lowest BCUT2D eigenvalue weighted by Crippen LogP contribution is -2.51. The van der Waals surface area contributed by atoms with Crippen molar-refractivity contribution in [3.05, 3.63) is 29.1 Å². The Bertz CT molecular complexity index is 497. The first-order chi connectivity index (χ1) is 10.3. The lowest BCUT2D eigenvalue weighted by Gasteiger charge is -2.27. The molecule has 0 saturated heterocycles. The van der Waals surface area contributed by atoms with Crippen LogP contribution in [0.5, 0.6) is 0 Å². The quantitative estimate of drug-likeness (QED) is 0.340. The first-order valence-corrected chi connectivity index (χ1v) is 8.35. The summed E-state index contributed by atoms with van der Waals surface area (Å²) in [7, 11) is -2.05. The predicted octanol–water partition coefficient (Wildman–Crippen LogP) is 2.99. The van der Waals surface area contributed by atoms with Crippen LogP contribution >= 0.6 is 0 Å². The van der Waals surface area contributed by atoms with E-state index in [0.717, 1.165) is 0 Å². The number of anilines is 1. The van der Waals surface area contributed by atoms with Crippen molar-refractivity contribution in [3.8, 4) is 0 Å². The summed E-state index contributed by atoms with van der Waals surface area (Å²) < 4.78 is 82.1. The summed E-state index contributed by atoms with van der Waals surface area (Å²) in [4.78, 5) is 0. The number of nitrogens with one attached hydrogen (secondary N) is 1. The van der Waals surface area contributed by atoms with E-state index in [2.05, 4.69) is 5.32 Å². The van der Waals surface area contributed by atoms with Crippen LogP contribution in [0.3, 0.4) is 0 Å². The zero-order valence-corrected chi connectivity index (χ0v) is 13.2. The summed E-state index contributed by atoms with van der Waals surface area (Å²) in [5, 5.41) is 2.14. The largest absolute Gasteiger partial charge is 0.520 e. The highest BCUT2D eigenvalue weighted by Gasteiger charge is 2.40. The van der Waals surface area contributed by atoms with E-state index in [4.69, 9.17) is 13.3 Å². The Hall–Kier alpha value is -1.23. The SMILES string of the molecule is CCO[Si](CNc1c(F)c(F)c(F)c(F)c1F)(OC)OCC. The van der Waals surface area contributed by atoms with Gasteiger partial charge in [0.2, 0.25) is 5.82 Å². The molecule has 126 valence electrons. The van der Waals surface area contributed by atoms with Gasteiger partial charge in [0.1, 0.15) is 5.69 Å². The molecule has 1 N–H and O–H groups in total. The van der Waals surface area contributed by atoms with Crippen molar-refractivity contribution >= 4 is 14.5 Å². The van der Waals surface area contributed by atoms with Crippen LogP contribution in [0, 0.1) is 29.1 Å². The Labute approximate surface area is 125 Å². The molecule has 0 spiro atoms. The fourth-order valence-corrected chi connectivity index (χ4v) is 3.67. The standard InChI is InChI=1S/C12H16F5NO3Si/c1-4-20-22(19-3,21-5-2)6-18-12-10(16)8(14)7(13)9(15)11(12)17/h18H,4-6H2,1-3H3. The van der Waals surface area contributed by atoms with E-state index in [1.165, 1.54) is 7.11 Å². The molecule has 0 aliphatic rings. The normalized spacial score (nSPS) is 11.8. The van der Waals surface area contributed by atoms with Gasteiger partial charge in [-0.05, 0) is 13.8 Å². The molecule has 0 radical (unpaired) electrons. The Balaban J connectivity index is 3.09. The minimum Gasteiger partial charge on any atom is -0.376 e. The number of hydrogen-bond acceptors (Lipinski definition) is 4. The Morgan fingerprint density at radius 3 is 1.59 bits per heavy atom. The molecule has 0 saturated carbocycles. The summed E-state index contributed by atoms with van der Waals surface area (Å²) in [6.07, 6.45) is -0.358. The zero-order valence-electron chi connectivity index (χ0n) is 12.2. The van der Waals surface area contributed by atoms with Gasteiger partial charge in [-0.25, -0.2) is 22.0 Å². The third-order valence-electron chi connectivity index (χ3n) is 2.73. The lowest BCUT2D eigenvalue weighted by atomic mass is 10.2. The average molecular weight is 345 g/mol. The van der Waals surface area contributed by atoms with Gasteiger partial charge in [0.15, 0.2) is 23.3 Å². The summed E-state index contributed by atoms with van der Waals surface area (Å²) in [5.74, 6) is -10.2. The predicted molar refractivity (Wildman–Crippen MR) is 70.7 cm³/mol. The van der Waals surface area contributed by atoms with E-state index in [1.54, 1.807) is 13.8 Å². The molecule has 0 atom stereocenters. The maximum absolute atomic E-state index is 13.6. The second-order valence-electron chi connectivity index (χ2n) is 4.05. The van der Waals surface area contributed by atoms with Gasteiger partial charge in [0.05, 0.1) is 6.17 Å². The molecule has 0 aliphatic heterocycles. The monoisotopic (exact) mass is 345 g/mol. The summed E-state index contributed by atoms with van der Waals surface area (Å²) in [6, 6.07) is 0. The summed E-state index contributed by atoms with van der Waals surface area (Å²) in [5.41, 5.74) is -1.15. The highest BCUT2D eigenvalue weighted by Crippen LogP contribution is 2.27. The molecule has 1 aromatic carbocycles. The number of rotatable bonds is 8. The van der Waals surface area contributed by atoms with Gasteiger partial charge in [-0.1, -0.05) is 0 Å². The second kappa shape index (κ2) is 7.86. The fraction of sp³-hybridized carbons (Fsp3) is 0.500. The lowest BCUT2D eigenvalue weighted by molar-refractivity contribution is 0.0895. The van der Waals surface area contributed by atoms with Crippen LogP contribution in [-0.2, 0) is 13.3 Å². The first kappa shape index (κ1) is 18.8. The Kier molecular flexibility index (Phi) is 6.72. The van der Waals surface area contributed by atoms with Crippen molar-refractivity contribution < 1.29 is 35.2 Å². The fourth-order valence-electron chi connectivity index (χ4n) is 1.73. The second-order valence-corrected chi connectivity index (χ2v) is 6.76. The van der Waals surface area contributed by atoms with Crippen molar-refractivity contribution in [1.29, 1.82) is 0 Å². The van der Waals surface area contributed by atoms with Crippen molar-refractivity contribution in [2.75, 3.05) is 31.8 Å². The molecule has 0 aliphatic carbocycles. The van der Waals surface area contributed by atoms with Gasteiger partial charge in [0, 0.05) is 20.3 Å². The number of benzene rings is 1. The van der Waals surface area contributed by atoms with Crippen LogP contribution in [0.4, 0.5) is 27.6 Å². The average Bonchev–Trinajstić information content (AvgIpc) is 2.51. The van der Waals surface area contributed by atoms with Crippen LogP contribution in [0.15, 0.2) is 0 Å². The highest BCUT2D eigenvalue weighted by molar-refractivity contribution is 6.61. The molecule has 22 heavy (non-hydrogen) atoms. The minimum atomic E-state index is -3.33. The van der Waals surface area contributed by atoms with Gasteiger partial charge >= 0.3 is 8.80 Å². The molecule has 10 heteroatoms. The zero-order chi connectivity index (χ0) is 16.9. The molecule has 0 aromatic heterocycles. The first-order valence-electron chi connectivity index (χ1n) is 6.41. The van der Waals surface area contributed by atoms with Crippen molar-refractivity contribution in [2.24, 2.45) is 0 Å². The van der Waals surface area contributed by atoms with E-state index in [-0.39, 0.29) is 19.4 Å². The van der Waals surface area contributed by atoms with E-state index in [1.807, 2.05) is 0 Å². The number of hydrogen-bond donors (Lipinski definition) is 1. The van der Waals surface area contributed by atoms with Crippen LogP contribution in [0.25, 0.3) is 0 Å². The van der Waals surface area contributed by atoms with Gasteiger partial charge in [-0.3, -0.25) is 0 Å². The van der Waals surface area contributed by atoms with E-state index < -0.39 is 43.6 Å². The summed E-state index contributed by atoms with van der Waals surface area (Å²) >= 11 is 0. The molecule has 0 bridgehead atoms. The third-order valence-corrected chi connectivity index (χ3v) is 5.42. The van der Waals surface area contributed by atoms with Crippen molar-refractivity contribution in [1.82, 2.24) is 0 Å². The van der Waals surface area contributed by atoms with Crippen LogP contribution in [0.2, 0.25) is 0 Å². The van der Waals surface area contributed by atoms with Gasteiger partial charge in [-0.2, -0.15) is 0 Å². The smallest absolute Gasteiger partial charge is 0.376 e. The molecule has 0 unspecified atom stereocenters. The maximum atomic E-state index is 13.6. The van der Waals surface area contributed by atoms with Gasteiger partial charge < -0.3 is 18.6 Å². The van der Waals surface area contributed by atoms with Crippen LogP contribution in [0.1, 0.15) is 13.8 Å². The minimum absolute atomic E-state index is 0.193. The molecular formula is C12H16F5NO3Si. The Morgan fingerprint density at radius 2 is 1.23 bits per heavy atom. The molecular weight excluding hydrogens is 329 g/mol. The van der Waals surface area contributed by atoms with E-state index in [0.29, 0.717) is 0 Å².